The first-order valence-corrected chi connectivity index (χ1v) is 7.42. The number of carbonyl (C=O) groups excluding carboxylic acids is 1. The predicted octanol–water partition coefficient (Wildman–Crippen LogP) is 1.12. The van der Waals surface area contributed by atoms with Gasteiger partial charge in [-0.2, -0.15) is 0 Å². The molecule has 0 spiro atoms. The van der Waals surface area contributed by atoms with Crippen molar-refractivity contribution in [3.8, 4) is 0 Å². The molecule has 2 unspecified atom stereocenters. The van der Waals surface area contributed by atoms with E-state index in [1.807, 2.05) is 14.0 Å². The Bertz CT molecular complexity index is 276. The summed E-state index contributed by atoms with van der Waals surface area (Å²) in [6.07, 6.45) is 7.28. The zero-order valence-corrected chi connectivity index (χ0v) is 11.7. The molecule has 1 aliphatic heterocycles. The van der Waals surface area contributed by atoms with Crippen molar-refractivity contribution in [2.45, 2.75) is 63.6 Å². The second kappa shape index (κ2) is 6.53. The highest BCUT2D eigenvalue weighted by atomic mass is 16.2. The lowest BCUT2D eigenvalue weighted by Crippen LogP contribution is -2.53. The third-order valence-corrected chi connectivity index (χ3v) is 4.49. The van der Waals surface area contributed by atoms with Gasteiger partial charge in [0, 0.05) is 18.6 Å². The Morgan fingerprint density at radius 3 is 2.50 bits per heavy atom. The van der Waals surface area contributed by atoms with E-state index in [4.69, 9.17) is 0 Å². The average molecular weight is 253 g/mol. The highest BCUT2D eigenvalue weighted by Gasteiger charge is 2.28. The number of hydrogen-bond acceptors (Lipinski definition) is 3. The van der Waals surface area contributed by atoms with Crippen LogP contribution in [0.25, 0.3) is 0 Å². The summed E-state index contributed by atoms with van der Waals surface area (Å²) in [5.41, 5.74) is 0. The summed E-state index contributed by atoms with van der Waals surface area (Å²) in [5, 5.41) is 6.54. The molecule has 0 aromatic carbocycles. The number of likely N-dealkylation sites (N-methyl/N-ethyl adjacent to an activating group) is 1. The van der Waals surface area contributed by atoms with Crippen LogP contribution in [0.2, 0.25) is 0 Å². The maximum Gasteiger partial charge on any atom is 0.237 e. The van der Waals surface area contributed by atoms with E-state index in [9.17, 15) is 4.79 Å². The summed E-state index contributed by atoms with van der Waals surface area (Å²) in [7, 11) is 2.01. The summed E-state index contributed by atoms with van der Waals surface area (Å²) in [6.45, 7) is 4.09. The molecule has 0 bridgehead atoms. The number of hydrogen-bond donors (Lipinski definition) is 2. The molecule has 2 aliphatic rings. The molecule has 1 heterocycles. The van der Waals surface area contributed by atoms with E-state index in [0.29, 0.717) is 12.1 Å². The van der Waals surface area contributed by atoms with E-state index in [1.54, 1.807) is 0 Å². The Labute approximate surface area is 110 Å². The minimum atomic E-state index is 0.0155. The Kier molecular flexibility index (Phi) is 5.01. The summed E-state index contributed by atoms with van der Waals surface area (Å²) in [4.78, 5) is 14.5. The number of nitrogens with one attached hydrogen (secondary N) is 2. The molecule has 1 saturated carbocycles. The first-order valence-electron chi connectivity index (χ1n) is 7.42. The standard InChI is InChI=1S/C14H27N3O/c1-11(14(18)16-12-6-3-4-7-12)17-9-5-8-13(10-17)15-2/h11-13,15H,3-10H2,1-2H3,(H,16,18). The molecule has 2 fully saturated rings. The third kappa shape index (κ3) is 3.45. The zero-order chi connectivity index (χ0) is 13.0. The molecular formula is C14H27N3O. The van der Waals surface area contributed by atoms with Gasteiger partial charge in [-0.3, -0.25) is 9.69 Å². The molecular weight excluding hydrogens is 226 g/mol. The topological polar surface area (TPSA) is 44.4 Å². The normalized spacial score (nSPS) is 28.2. The van der Waals surface area contributed by atoms with Crippen LogP contribution in [0, 0.1) is 0 Å². The maximum absolute atomic E-state index is 12.2. The van der Waals surface area contributed by atoms with Gasteiger partial charge in [-0.05, 0) is 46.2 Å². The molecule has 1 amide bonds. The fourth-order valence-corrected chi connectivity index (χ4v) is 3.15. The zero-order valence-electron chi connectivity index (χ0n) is 11.7. The van der Waals surface area contributed by atoms with Gasteiger partial charge in [-0.25, -0.2) is 0 Å². The summed E-state index contributed by atoms with van der Waals surface area (Å²) in [6, 6.07) is 0.993. The summed E-state index contributed by atoms with van der Waals surface area (Å²) >= 11 is 0. The van der Waals surface area contributed by atoms with E-state index >= 15 is 0 Å². The largest absolute Gasteiger partial charge is 0.352 e. The van der Waals surface area contributed by atoms with E-state index in [1.165, 1.54) is 25.7 Å². The van der Waals surface area contributed by atoms with E-state index in [-0.39, 0.29) is 11.9 Å². The van der Waals surface area contributed by atoms with Crippen molar-refractivity contribution < 1.29 is 4.79 Å². The minimum absolute atomic E-state index is 0.0155. The fourth-order valence-electron chi connectivity index (χ4n) is 3.15. The van der Waals surface area contributed by atoms with Crippen LogP contribution in [-0.2, 0) is 4.79 Å². The highest BCUT2D eigenvalue weighted by molar-refractivity contribution is 5.81. The summed E-state index contributed by atoms with van der Waals surface area (Å²) in [5.74, 6) is 0.221. The number of carbonyl (C=O) groups is 1. The quantitative estimate of drug-likeness (QED) is 0.789. The predicted molar refractivity (Wildman–Crippen MR) is 73.5 cm³/mol. The van der Waals surface area contributed by atoms with Crippen LogP contribution in [0.4, 0.5) is 0 Å². The number of amides is 1. The van der Waals surface area contributed by atoms with E-state index in [0.717, 1.165) is 25.9 Å². The number of likely N-dealkylation sites (tertiary alicyclic amines) is 1. The molecule has 1 saturated heterocycles. The van der Waals surface area contributed by atoms with Gasteiger partial charge in [0.2, 0.25) is 5.91 Å². The van der Waals surface area contributed by atoms with Gasteiger partial charge in [-0.1, -0.05) is 12.8 Å². The molecule has 18 heavy (non-hydrogen) atoms. The molecule has 2 N–H and O–H groups in total. The van der Waals surface area contributed by atoms with Gasteiger partial charge in [0.25, 0.3) is 0 Å². The molecule has 0 radical (unpaired) electrons. The molecule has 1 aliphatic carbocycles. The van der Waals surface area contributed by atoms with Crippen LogP contribution in [0.3, 0.4) is 0 Å². The van der Waals surface area contributed by atoms with Gasteiger partial charge in [0.05, 0.1) is 6.04 Å². The Morgan fingerprint density at radius 1 is 1.17 bits per heavy atom. The molecule has 104 valence electrons. The molecule has 0 aromatic heterocycles. The van der Waals surface area contributed by atoms with Crippen molar-refractivity contribution in [3.63, 3.8) is 0 Å². The molecule has 2 rings (SSSR count). The number of nitrogens with zero attached hydrogens (tertiary/aromatic N) is 1. The molecule has 4 nitrogen and oxygen atoms in total. The van der Waals surface area contributed by atoms with Crippen LogP contribution in [0.15, 0.2) is 0 Å². The van der Waals surface area contributed by atoms with Crippen LogP contribution in [0.1, 0.15) is 45.4 Å². The van der Waals surface area contributed by atoms with Crippen molar-refractivity contribution in [1.29, 1.82) is 0 Å². The van der Waals surface area contributed by atoms with E-state index < -0.39 is 0 Å². The van der Waals surface area contributed by atoms with Crippen LogP contribution >= 0.6 is 0 Å². The minimum Gasteiger partial charge on any atom is -0.352 e. The first-order chi connectivity index (χ1) is 8.70. The SMILES string of the molecule is CNC1CCCN(C(C)C(=O)NC2CCCC2)C1. The summed E-state index contributed by atoms with van der Waals surface area (Å²) < 4.78 is 0. The molecule has 4 heteroatoms. The second-order valence-corrected chi connectivity index (χ2v) is 5.79. The van der Waals surface area contributed by atoms with Crippen LogP contribution in [0.5, 0.6) is 0 Å². The lowest BCUT2D eigenvalue weighted by molar-refractivity contribution is -0.127. The second-order valence-electron chi connectivity index (χ2n) is 5.79. The maximum atomic E-state index is 12.2. The highest BCUT2D eigenvalue weighted by Crippen LogP contribution is 2.18. The molecule has 0 aromatic rings. The van der Waals surface area contributed by atoms with Gasteiger partial charge in [-0.15, -0.1) is 0 Å². The lowest BCUT2D eigenvalue weighted by Gasteiger charge is -2.36. The Balaban J connectivity index is 1.81. The van der Waals surface area contributed by atoms with E-state index in [2.05, 4.69) is 15.5 Å². The lowest BCUT2D eigenvalue weighted by atomic mass is 10.0. The van der Waals surface area contributed by atoms with Gasteiger partial charge >= 0.3 is 0 Å². The number of piperidine rings is 1. The average Bonchev–Trinajstić information content (AvgIpc) is 2.90. The van der Waals surface area contributed by atoms with Gasteiger partial charge in [0.1, 0.15) is 0 Å². The van der Waals surface area contributed by atoms with Crippen LogP contribution < -0.4 is 10.6 Å². The molecule has 2 atom stereocenters. The monoisotopic (exact) mass is 253 g/mol. The first kappa shape index (κ1) is 13.8. The third-order valence-electron chi connectivity index (χ3n) is 4.49. The Hall–Kier alpha value is -0.610. The van der Waals surface area contributed by atoms with Gasteiger partial charge < -0.3 is 10.6 Å². The van der Waals surface area contributed by atoms with Gasteiger partial charge in [0.15, 0.2) is 0 Å². The van der Waals surface area contributed by atoms with Crippen molar-refractivity contribution in [3.05, 3.63) is 0 Å². The Morgan fingerprint density at radius 2 is 1.83 bits per heavy atom. The fraction of sp³-hybridized carbons (Fsp3) is 0.929. The smallest absolute Gasteiger partial charge is 0.237 e. The van der Waals surface area contributed by atoms with Crippen molar-refractivity contribution in [2.24, 2.45) is 0 Å². The van der Waals surface area contributed by atoms with Crippen molar-refractivity contribution in [1.82, 2.24) is 15.5 Å². The van der Waals surface area contributed by atoms with Crippen LogP contribution in [-0.4, -0.2) is 49.1 Å². The van der Waals surface area contributed by atoms with Crippen molar-refractivity contribution in [2.75, 3.05) is 20.1 Å². The van der Waals surface area contributed by atoms with Crippen molar-refractivity contribution >= 4 is 5.91 Å². The number of rotatable bonds is 4.